The lowest BCUT2D eigenvalue weighted by molar-refractivity contribution is -0.142. The second-order valence-corrected chi connectivity index (χ2v) is 4.61. The molecule has 0 aliphatic carbocycles. The molecule has 3 N–H and O–H groups in total. The van der Waals surface area contributed by atoms with E-state index in [-0.39, 0.29) is 11.9 Å². The van der Waals surface area contributed by atoms with Gasteiger partial charge in [-0.25, -0.2) is 9.59 Å². The van der Waals surface area contributed by atoms with Crippen LogP contribution in [0.1, 0.15) is 32.6 Å². The minimum absolute atomic E-state index is 0.160. The number of aliphatic carboxylic acids is 1. The number of likely N-dealkylation sites (tertiary alicyclic amines) is 1. The van der Waals surface area contributed by atoms with E-state index in [4.69, 9.17) is 5.11 Å². The highest BCUT2D eigenvalue weighted by Crippen LogP contribution is 2.16. The molecule has 7 nitrogen and oxygen atoms in total. The van der Waals surface area contributed by atoms with Gasteiger partial charge in [0.2, 0.25) is 5.91 Å². The van der Waals surface area contributed by atoms with Gasteiger partial charge >= 0.3 is 12.0 Å². The summed E-state index contributed by atoms with van der Waals surface area (Å²) < 4.78 is 0. The van der Waals surface area contributed by atoms with E-state index >= 15 is 0 Å². The lowest BCUT2D eigenvalue weighted by atomic mass is 10.1. The number of urea groups is 1. The number of hydrogen-bond donors (Lipinski definition) is 3. The maximum Gasteiger partial charge on any atom is 0.326 e. The Morgan fingerprint density at radius 1 is 1.16 bits per heavy atom. The summed E-state index contributed by atoms with van der Waals surface area (Å²) in [6, 6.07) is -1.12. The van der Waals surface area contributed by atoms with Crippen molar-refractivity contribution >= 4 is 17.9 Å². The van der Waals surface area contributed by atoms with Gasteiger partial charge < -0.3 is 20.6 Å². The smallest absolute Gasteiger partial charge is 0.326 e. The standard InChI is InChI=1S/C12H21N3O4/c1-9(16)13-6-7-14-12(19)15-8-4-2-3-5-10(15)11(17)18/h10H,2-8H2,1H3,(H,13,16)(H,14,19)(H,17,18). The van der Waals surface area contributed by atoms with Crippen molar-refractivity contribution in [1.82, 2.24) is 15.5 Å². The molecule has 19 heavy (non-hydrogen) atoms. The monoisotopic (exact) mass is 271 g/mol. The van der Waals surface area contributed by atoms with Crippen LogP contribution >= 0.6 is 0 Å². The number of carboxylic acid groups (broad SMARTS) is 1. The Bertz CT molecular complexity index is 346. The molecular formula is C12H21N3O4. The topological polar surface area (TPSA) is 98.7 Å². The number of carbonyl (C=O) groups excluding carboxylic acids is 2. The third-order valence-corrected chi connectivity index (χ3v) is 3.07. The average Bonchev–Trinajstić information content (AvgIpc) is 2.59. The molecule has 3 amide bonds. The van der Waals surface area contributed by atoms with Crippen molar-refractivity contribution in [1.29, 1.82) is 0 Å². The molecule has 1 aliphatic rings. The van der Waals surface area contributed by atoms with Crippen LogP contribution in [0.15, 0.2) is 0 Å². The first-order valence-corrected chi connectivity index (χ1v) is 6.54. The predicted octanol–water partition coefficient (Wildman–Crippen LogP) is 0.161. The normalized spacial score (nSPS) is 19.4. The highest BCUT2D eigenvalue weighted by molar-refractivity contribution is 5.82. The molecule has 0 aromatic rings. The molecule has 7 heteroatoms. The van der Waals surface area contributed by atoms with Crippen LogP contribution < -0.4 is 10.6 Å². The van der Waals surface area contributed by atoms with Crippen LogP contribution in [0.3, 0.4) is 0 Å². The van der Waals surface area contributed by atoms with Crippen molar-refractivity contribution < 1.29 is 19.5 Å². The van der Waals surface area contributed by atoms with Crippen LogP contribution in [0, 0.1) is 0 Å². The van der Waals surface area contributed by atoms with Crippen molar-refractivity contribution in [3.8, 4) is 0 Å². The molecule has 1 rings (SSSR count). The third kappa shape index (κ3) is 5.15. The quantitative estimate of drug-likeness (QED) is 0.634. The molecule has 1 saturated heterocycles. The zero-order valence-electron chi connectivity index (χ0n) is 11.1. The number of carbonyl (C=O) groups is 3. The summed E-state index contributed by atoms with van der Waals surface area (Å²) in [6.45, 7) is 2.49. The Labute approximate surface area is 112 Å². The molecule has 0 saturated carbocycles. The summed E-state index contributed by atoms with van der Waals surface area (Å²) in [7, 11) is 0. The summed E-state index contributed by atoms with van der Waals surface area (Å²) in [5.74, 6) is -1.12. The molecule has 0 aromatic heterocycles. The van der Waals surface area contributed by atoms with Gasteiger partial charge in [-0.1, -0.05) is 12.8 Å². The van der Waals surface area contributed by atoms with Crippen molar-refractivity contribution in [2.75, 3.05) is 19.6 Å². The van der Waals surface area contributed by atoms with E-state index in [2.05, 4.69) is 10.6 Å². The van der Waals surface area contributed by atoms with Gasteiger partial charge in [-0.2, -0.15) is 0 Å². The minimum Gasteiger partial charge on any atom is -0.480 e. The first kappa shape index (κ1) is 15.3. The number of nitrogens with one attached hydrogen (secondary N) is 2. The Morgan fingerprint density at radius 2 is 1.84 bits per heavy atom. The molecule has 1 atom stereocenters. The van der Waals surface area contributed by atoms with E-state index in [1.54, 1.807) is 0 Å². The molecule has 0 spiro atoms. The summed E-state index contributed by atoms with van der Waals surface area (Å²) >= 11 is 0. The third-order valence-electron chi connectivity index (χ3n) is 3.07. The summed E-state index contributed by atoms with van der Waals surface area (Å²) in [5, 5.41) is 14.3. The predicted molar refractivity (Wildman–Crippen MR) is 68.7 cm³/mol. The zero-order chi connectivity index (χ0) is 14.3. The number of carboxylic acids is 1. The van der Waals surface area contributed by atoms with Gasteiger partial charge in [0.15, 0.2) is 0 Å². The van der Waals surface area contributed by atoms with Crippen LogP contribution in [-0.2, 0) is 9.59 Å². The second kappa shape index (κ2) is 7.60. The zero-order valence-corrected chi connectivity index (χ0v) is 11.1. The van der Waals surface area contributed by atoms with Crippen LogP contribution in [-0.4, -0.2) is 53.6 Å². The van der Waals surface area contributed by atoms with Crippen molar-refractivity contribution in [2.45, 2.75) is 38.6 Å². The maximum absolute atomic E-state index is 11.9. The molecular weight excluding hydrogens is 250 g/mol. The minimum atomic E-state index is -0.959. The molecule has 0 bridgehead atoms. The van der Waals surface area contributed by atoms with Crippen LogP contribution in [0.5, 0.6) is 0 Å². The Hall–Kier alpha value is -1.79. The number of hydrogen-bond acceptors (Lipinski definition) is 3. The SMILES string of the molecule is CC(=O)NCCNC(=O)N1CCCCCC1C(=O)O. The van der Waals surface area contributed by atoms with E-state index in [9.17, 15) is 14.4 Å². The highest BCUT2D eigenvalue weighted by Gasteiger charge is 2.30. The molecule has 108 valence electrons. The fourth-order valence-electron chi connectivity index (χ4n) is 2.12. The van der Waals surface area contributed by atoms with Crippen molar-refractivity contribution in [3.05, 3.63) is 0 Å². The number of amides is 3. The first-order valence-electron chi connectivity index (χ1n) is 6.54. The van der Waals surface area contributed by atoms with Gasteiger partial charge in [0.05, 0.1) is 0 Å². The van der Waals surface area contributed by atoms with Gasteiger partial charge in [0.25, 0.3) is 0 Å². The van der Waals surface area contributed by atoms with Gasteiger partial charge in [0.1, 0.15) is 6.04 Å². The van der Waals surface area contributed by atoms with Gasteiger partial charge in [-0.15, -0.1) is 0 Å². The fourth-order valence-corrected chi connectivity index (χ4v) is 2.12. The lowest BCUT2D eigenvalue weighted by Crippen LogP contribution is -2.50. The number of nitrogens with zero attached hydrogens (tertiary/aromatic N) is 1. The van der Waals surface area contributed by atoms with E-state index in [1.807, 2.05) is 0 Å². The van der Waals surface area contributed by atoms with Crippen LogP contribution in [0.25, 0.3) is 0 Å². The number of rotatable bonds is 4. The maximum atomic E-state index is 11.9. The molecule has 1 heterocycles. The van der Waals surface area contributed by atoms with Crippen molar-refractivity contribution in [2.24, 2.45) is 0 Å². The fraction of sp³-hybridized carbons (Fsp3) is 0.750. The molecule has 0 aromatic carbocycles. The molecule has 1 fully saturated rings. The highest BCUT2D eigenvalue weighted by atomic mass is 16.4. The van der Waals surface area contributed by atoms with Crippen LogP contribution in [0.2, 0.25) is 0 Å². The van der Waals surface area contributed by atoms with E-state index < -0.39 is 12.0 Å². The summed E-state index contributed by atoms with van der Waals surface area (Å²) in [4.78, 5) is 35.2. The molecule has 1 unspecified atom stereocenters. The summed E-state index contributed by atoms with van der Waals surface area (Å²) in [6.07, 6.45) is 3.09. The molecule has 0 radical (unpaired) electrons. The Balaban J connectivity index is 2.46. The first-order chi connectivity index (χ1) is 9.02. The van der Waals surface area contributed by atoms with E-state index in [0.29, 0.717) is 26.1 Å². The van der Waals surface area contributed by atoms with E-state index in [1.165, 1.54) is 11.8 Å². The van der Waals surface area contributed by atoms with Gasteiger partial charge in [-0.3, -0.25) is 4.79 Å². The van der Waals surface area contributed by atoms with Crippen LogP contribution in [0.4, 0.5) is 4.79 Å². The van der Waals surface area contributed by atoms with Gasteiger partial charge in [0, 0.05) is 26.6 Å². The lowest BCUT2D eigenvalue weighted by Gasteiger charge is -2.27. The van der Waals surface area contributed by atoms with Gasteiger partial charge in [-0.05, 0) is 12.8 Å². The second-order valence-electron chi connectivity index (χ2n) is 4.61. The van der Waals surface area contributed by atoms with E-state index in [0.717, 1.165) is 19.3 Å². The summed E-state index contributed by atoms with van der Waals surface area (Å²) in [5.41, 5.74) is 0. The van der Waals surface area contributed by atoms with Crippen molar-refractivity contribution in [3.63, 3.8) is 0 Å². The Morgan fingerprint density at radius 3 is 2.47 bits per heavy atom. The Kier molecular flexibility index (Phi) is 6.11. The largest absolute Gasteiger partial charge is 0.480 e. The molecule has 1 aliphatic heterocycles. The average molecular weight is 271 g/mol.